The molecule has 1 N–H and O–H groups in total. The van der Waals surface area contributed by atoms with Crippen LogP contribution in [0.3, 0.4) is 0 Å². The number of ether oxygens (including phenoxy) is 2. The van der Waals surface area contributed by atoms with E-state index in [-0.39, 0.29) is 0 Å². The topological polar surface area (TPSA) is 41.9 Å². The Hall–Kier alpha value is -1.52. The van der Waals surface area contributed by atoms with E-state index < -0.39 is 6.10 Å². The van der Waals surface area contributed by atoms with Crippen LogP contribution in [0.4, 0.5) is 5.69 Å². The van der Waals surface area contributed by atoms with Crippen LogP contribution in [-0.4, -0.2) is 39.0 Å². The molecule has 4 heteroatoms. The molecular formula is C15H23NO3. The minimum Gasteiger partial charge on any atom is -0.496 e. The molecule has 106 valence electrons. The third-order valence-corrected chi connectivity index (χ3v) is 2.94. The van der Waals surface area contributed by atoms with Crippen molar-refractivity contribution in [1.82, 2.24) is 0 Å². The van der Waals surface area contributed by atoms with Crippen molar-refractivity contribution in [2.45, 2.75) is 13.0 Å². The molecule has 1 aromatic carbocycles. The molecule has 1 aromatic rings. The van der Waals surface area contributed by atoms with Gasteiger partial charge in [0, 0.05) is 31.5 Å². The van der Waals surface area contributed by atoms with Gasteiger partial charge in [0.1, 0.15) is 5.75 Å². The van der Waals surface area contributed by atoms with E-state index in [0.29, 0.717) is 18.9 Å². The van der Waals surface area contributed by atoms with E-state index in [1.807, 2.05) is 24.3 Å². The van der Waals surface area contributed by atoms with Crippen molar-refractivity contribution in [1.29, 1.82) is 0 Å². The molecule has 19 heavy (non-hydrogen) atoms. The Kier molecular flexibility index (Phi) is 6.39. The van der Waals surface area contributed by atoms with Crippen LogP contribution in [0.25, 0.3) is 0 Å². The van der Waals surface area contributed by atoms with Gasteiger partial charge in [0.25, 0.3) is 0 Å². The summed E-state index contributed by atoms with van der Waals surface area (Å²) >= 11 is 0. The lowest BCUT2D eigenvalue weighted by molar-refractivity contribution is 0.193. The van der Waals surface area contributed by atoms with Gasteiger partial charge in [-0.3, -0.25) is 0 Å². The zero-order chi connectivity index (χ0) is 14.3. The molecule has 1 rings (SSSR count). The predicted molar refractivity (Wildman–Crippen MR) is 77.9 cm³/mol. The first-order valence-corrected chi connectivity index (χ1v) is 6.35. The zero-order valence-corrected chi connectivity index (χ0v) is 11.9. The number of hydrogen-bond acceptors (Lipinski definition) is 4. The van der Waals surface area contributed by atoms with Crippen LogP contribution < -0.4 is 9.64 Å². The second-order valence-electron chi connectivity index (χ2n) is 4.30. The minimum atomic E-state index is -0.596. The maximum Gasteiger partial charge on any atom is 0.126 e. The van der Waals surface area contributed by atoms with Crippen molar-refractivity contribution >= 4 is 5.69 Å². The number of rotatable bonds is 8. The molecule has 0 aliphatic rings. The van der Waals surface area contributed by atoms with Gasteiger partial charge < -0.3 is 19.5 Å². The quantitative estimate of drug-likeness (QED) is 0.733. The fourth-order valence-corrected chi connectivity index (χ4v) is 2.07. The monoisotopic (exact) mass is 265 g/mol. The smallest absolute Gasteiger partial charge is 0.126 e. The first-order valence-electron chi connectivity index (χ1n) is 6.35. The summed E-state index contributed by atoms with van der Waals surface area (Å²) in [5.74, 6) is 0.693. The Morgan fingerprint density at radius 2 is 2.16 bits per heavy atom. The fraction of sp³-hybridized carbons (Fsp3) is 0.467. The summed E-state index contributed by atoms with van der Waals surface area (Å²) in [4.78, 5) is 2.11. The van der Waals surface area contributed by atoms with Gasteiger partial charge in [0.05, 0.1) is 19.8 Å². The largest absolute Gasteiger partial charge is 0.496 e. The summed E-state index contributed by atoms with van der Waals surface area (Å²) in [6.45, 7) is 7.55. The van der Waals surface area contributed by atoms with Crippen LogP contribution in [0, 0.1) is 0 Å². The summed E-state index contributed by atoms with van der Waals surface area (Å²) in [5, 5.41) is 10.00. The van der Waals surface area contributed by atoms with Crippen molar-refractivity contribution < 1.29 is 14.6 Å². The van der Waals surface area contributed by atoms with Gasteiger partial charge in [-0.2, -0.15) is 0 Å². The van der Waals surface area contributed by atoms with Crippen molar-refractivity contribution in [3.8, 4) is 5.75 Å². The lowest BCUT2D eigenvalue weighted by Crippen LogP contribution is -2.28. The Labute approximate surface area is 115 Å². The second kappa shape index (κ2) is 7.81. The van der Waals surface area contributed by atoms with Crippen LogP contribution in [0.1, 0.15) is 18.6 Å². The summed E-state index contributed by atoms with van der Waals surface area (Å²) in [6.07, 6.45) is 1.24. The molecular weight excluding hydrogens is 242 g/mol. The van der Waals surface area contributed by atoms with Crippen LogP contribution in [0.15, 0.2) is 30.9 Å². The molecule has 0 bridgehead atoms. The molecule has 1 unspecified atom stereocenters. The van der Waals surface area contributed by atoms with E-state index in [4.69, 9.17) is 9.47 Å². The highest BCUT2D eigenvalue weighted by molar-refractivity contribution is 5.60. The van der Waals surface area contributed by atoms with E-state index in [0.717, 1.165) is 17.8 Å². The average molecular weight is 265 g/mol. The summed E-state index contributed by atoms with van der Waals surface area (Å²) in [6, 6.07) is 5.75. The van der Waals surface area contributed by atoms with E-state index in [1.165, 1.54) is 0 Å². The predicted octanol–water partition coefficient (Wildman–Crippen LogP) is 2.39. The van der Waals surface area contributed by atoms with E-state index >= 15 is 0 Å². The third-order valence-electron chi connectivity index (χ3n) is 2.94. The average Bonchev–Trinajstić information content (AvgIpc) is 2.42. The van der Waals surface area contributed by atoms with Gasteiger partial charge in [-0.15, -0.1) is 6.58 Å². The number of methoxy groups -OCH3 is 2. The normalized spacial score (nSPS) is 12.0. The Bertz CT molecular complexity index is 404. The zero-order valence-electron chi connectivity index (χ0n) is 11.9. The summed E-state index contributed by atoms with van der Waals surface area (Å²) < 4.78 is 10.5. The van der Waals surface area contributed by atoms with Crippen LogP contribution >= 0.6 is 0 Å². The van der Waals surface area contributed by atoms with Gasteiger partial charge >= 0.3 is 0 Å². The Morgan fingerprint density at radius 1 is 1.42 bits per heavy atom. The van der Waals surface area contributed by atoms with Crippen molar-refractivity contribution in [3.05, 3.63) is 36.4 Å². The molecule has 0 aromatic heterocycles. The molecule has 0 amide bonds. The standard InChI is InChI=1S/C15H23NO3/c1-5-9-16(10-11-18-3)13-7-6-8-14(19-4)15(13)12(2)17/h5-8,12,17H,1,9-11H2,2-4H3. The highest BCUT2D eigenvalue weighted by Gasteiger charge is 2.18. The fourth-order valence-electron chi connectivity index (χ4n) is 2.07. The maximum absolute atomic E-state index is 10.00. The van der Waals surface area contributed by atoms with E-state index in [2.05, 4.69) is 11.5 Å². The molecule has 0 fully saturated rings. The van der Waals surface area contributed by atoms with Gasteiger partial charge in [-0.05, 0) is 19.1 Å². The SMILES string of the molecule is C=CCN(CCOC)c1cccc(OC)c1C(C)O. The summed E-state index contributed by atoms with van der Waals surface area (Å²) in [5.41, 5.74) is 1.74. The van der Waals surface area contributed by atoms with Crippen LogP contribution in [-0.2, 0) is 4.74 Å². The number of benzene rings is 1. The molecule has 1 atom stereocenters. The first kappa shape index (κ1) is 15.5. The molecule has 0 spiro atoms. The van der Waals surface area contributed by atoms with E-state index in [9.17, 15) is 5.11 Å². The molecule has 0 saturated carbocycles. The molecule has 0 saturated heterocycles. The molecule has 0 heterocycles. The first-order chi connectivity index (χ1) is 9.15. The van der Waals surface area contributed by atoms with Gasteiger partial charge in [-0.1, -0.05) is 12.1 Å². The van der Waals surface area contributed by atoms with Gasteiger partial charge in [-0.25, -0.2) is 0 Å². The minimum absolute atomic E-state index is 0.596. The second-order valence-corrected chi connectivity index (χ2v) is 4.30. The number of aliphatic hydroxyl groups excluding tert-OH is 1. The number of anilines is 1. The Morgan fingerprint density at radius 3 is 2.68 bits per heavy atom. The maximum atomic E-state index is 10.00. The number of hydrogen-bond donors (Lipinski definition) is 1. The third kappa shape index (κ3) is 3.98. The van der Waals surface area contributed by atoms with Crippen molar-refractivity contribution in [2.24, 2.45) is 0 Å². The molecule has 0 aliphatic heterocycles. The highest BCUT2D eigenvalue weighted by atomic mass is 16.5. The highest BCUT2D eigenvalue weighted by Crippen LogP contribution is 2.34. The molecule has 0 aliphatic carbocycles. The number of aliphatic hydroxyl groups is 1. The van der Waals surface area contributed by atoms with Crippen LogP contribution in [0.5, 0.6) is 5.75 Å². The lowest BCUT2D eigenvalue weighted by atomic mass is 10.1. The van der Waals surface area contributed by atoms with Crippen molar-refractivity contribution in [2.75, 3.05) is 38.8 Å². The van der Waals surface area contributed by atoms with Gasteiger partial charge in [0.15, 0.2) is 0 Å². The van der Waals surface area contributed by atoms with Gasteiger partial charge in [0.2, 0.25) is 0 Å². The van der Waals surface area contributed by atoms with Crippen LogP contribution in [0.2, 0.25) is 0 Å². The molecule has 0 radical (unpaired) electrons. The summed E-state index contributed by atoms with van der Waals surface area (Å²) in [7, 11) is 3.28. The lowest BCUT2D eigenvalue weighted by Gasteiger charge is -2.27. The number of nitrogens with zero attached hydrogens (tertiary/aromatic N) is 1. The molecule has 4 nitrogen and oxygen atoms in total. The Balaban J connectivity index is 3.16. The van der Waals surface area contributed by atoms with E-state index in [1.54, 1.807) is 21.1 Å². The van der Waals surface area contributed by atoms with Crippen molar-refractivity contribution in [3.63, 3.8) is 0 Å².